The Morgan fingerprint density at radius 1 is 0.746 bits per heavy atom. The van der Waals surface area contributed by atoms with Crippen molar-refractivity contribution in [3.63, 3.8) is 0 Å². The van der Waals surface area contributed by atoms with Crippen LogP contribution in [0.3, 0.4) is 0 Å². The molecular formula is C40H48F7N5O7. The van der Waals surface area contributed by atoms with Crippen LogP contribution in [0, 0.1) is 5.95 Å². The molecule has 2 fully saturated rings. The molecule has 2 aliphatic heterocycles. The number of anilines is 2. The van der Waals surface area contributed by atoms with Crippen LogP contribution in [0.1, 0.15) is 88.7 Å². The molecule has 0 bridgehead atoms. The van der Waals surface area contributed by atoms with Gasteiger partial charge in [0.2, 0.25) is 5.95 Å². The number of halogens is 7. The first-order valence-corrected chi connectivity index (χ1v) is 18.7. The lowest BCUT2D eigenvalue weighted by molar-refractivity contribution is -0.138. The summed E-state index contributed by atoms with van der Waals surface area (Å²) in [7, 11) is 0. The minimum absolute atomic E-state index is 0.0276. The summed E-state index contributed by atoms with van der Waals surface area (Å²) in [4.78, 5) is 43.4. The predicted octanol–water partition coefficient (Wildman–Crippen LogP) is 9.34. The van der Waals surface area contributed by atoms with E-state index >= 15 is 0 Å². The van der Waals surface area contributed by atoms with E-state index in [1.165, 1.54) is 23.1 Å². The largest absolute Gasteiger partial charge is 0.491 e. The molecule has 3 amide bonds. The number of nitrogen functional groups attached to an aromatic ring is 1. The normalized spacial score (nSPS) is 17.2. The van der Waals surface area contributed by atoms with E-state index in [-0.39, 0.29) is 48.2 Å². The average molecular weight is 844 g/mol. The van der Waals surface area contributed by atoms with E-state index in [0.29, 0.717) is 32.4 Å². The van der Waals surface area contributed by atoms with E-state index in [4.69, 9.17) is 24.7 Å². The van der Waals surface area contributed by atoms with Gasteiger partial charge >= 0.3 is 24.5 Å². The number of hydrogen-bond donors (Lipinski definition) is 2. The van der Waals surface area contributed by atoms with E-state index in [1.807, 2.05) is 0 Å². The Morgan fingerprint density at radius 2 is 1.22 bits per heavy atom. The topological polar surface area (TPSA) is 146 Å². The Kier molecular flexibility index (Phi) is 14.6. The maximum absolute atomic E-state index is 13.8. The van der Waals surface area contributed by atoms with Gasteiger partial charge in [-0.05, 0) is 104 Å². The van der Waals surface area contributed by atoms with Crippen molar-refractivity contribution in [2.24, 2.45) is 0 Å². The van der Waals surface area contributed by atoms with Crippen LogP contribution >= 0.6 is 0 Å². The van der Waals surface area contributed by atoms with Crippen LogP contribution in [0.15, 0.2) is 54.7 Å². The number of ether oxygens (including phenoxy) is 4. The molecule has 2 saturated heterocycles. The molecular weight excluding hydrogens is 795 g/mol. The first kappa shape index (κ1) is 46.2. The Labute approximate surface area is 337 Å². The number of nitrogens with two attached hydrogens (primary N) is 1. The highest BCUT2D eigenvalue weighted by molar-refractivity contribution is 6.04. The third-order valence-electron chi connectivity index (χ3n) is 8.65. The number of aromatic nitrogens is 1. The summed E-state index contributed by atoms with van der Waals surface area (Å²) in [5.41, 5.74) is 1.63. The molecule has 0 radical (unpaired) electrons. The molecule has 12 nitrogen and oxygen atoms in total. The number of carbonyl (C=O) groups is 3. The maximum Gasteiger partial charge on any atom is 0.416 e. The van der Waals surface area contributed by atoms with E-state index in [0.717, 1.165) is 42.9 Å². The molecule has 3 aromatic rings. The van der Waals surface area contributed by atoms with Gasteiger partial charge in [-0.15, -0.1) is 0 Å². The number of carbonyl (C=O) groups excluding carboxylic acids is 3. The van der Waals surface area contributed by atoms with Crippen LogP contribution in [-0.2, 0) is 21.8 Å². The summed E-state index contributed by atoms with van der Waals surface area (Å²) < 4.78 is 114. The second-order valence-electron chi connectivity index (χ2n) is 15.9. The zero-order chi connectivity index (χ0) is 43.9. The highest BCUT2D eigenvalue weighted by atomic mass is 19.4. The Hall–Kier alpha value is -5.49. The van der Waals surface area contributed by atoms with Gasteiger partial charge in [0.1, 0.15) is 35.9 Å². The lowest BCUT2D eigenvalue weighted by atomic mass is 10.1. The first-order valence-electron chi connectivity index (χ1n) is 18.7. The van der Waals surface area contributed by atoms with Crippen LogP contribution in [0.5, 0.6) is 11.5 Å². The van der Waals surface area contributed by atoms with Crippen LogP contribution in [0.4, 0.5) is 51.7 Å². The smallest absolute Gasteiger partial charge is 0.416 e. The van der Waals surface area contributed by atoms with E-state index < -0.39 is 64.3 Å². The Bertz CT molecular complexity index is 1950. The molecule has 0 spiro atoms. The summed E-state index contributed by atoms with van der Waals surface area (Å²) in [5, 5.41) is 2.25. The van der Waals surface area contributed by atoms with Gasteiger partial charge in [-0.2, -0.15) is 30.7 Å². The van der Waals surface area contributed by atoms with Crippen molar-refractivity contribution in [3.05, 3.63) is 77.4 Å². The van der Waals surface area contributed by atoms with Crippen molar-refractivity contribution < 1.29 is 64.1 Å². The van der Waals surface area contributed by atoms with Crippen molar-refractivity contribution >= 4 is 29.5 Å². The highest BCUT2D eigenvalue weighted by Crippen LogP contribution is 2.36. The molecule has 19 heteroatoms. The van der Waals surface area contributed by atoms with E-state index in [1.54, 1.807) is 46.4 Å². The van der Waals surface area contributed by atoms with Gasteiger partial charge in [0.05, 0.1) is 28.8 Å². The van der Waals surface area contributed by atoms with Gasteiger partial charge in [0.15, 0.2) is 0 Å². The summed E-state index contributed by atoms with van der Waals surface area (Å²) in [5.74, 6) is -2.13. The second-order valence-corrected chi connectivity index (χ2v) is 15.9. The van der Waals surface area contributed by atoms with Crippen LogP contribution in [0.2, 0.25) is 0 Å². The average Bonchev–Trinajstić information content (AvgIpc) is 3.78. The number of alkyl halides is 6. The molecule has 2 aliphatic rings. The monoisotopic (exact) mass is 843 g/mol. The summed E-state index contributed by atoms with van der Waals surface area (Å²) in [6.45, 7) is 11.5. The fourth-order valence-corrected chi connectivity index (χ4v) is 6.07. The molecule has 2 aromatic carbocycles. The molecule has 3 N–H and O–H groups in total. The van der Waals surface area contributed by atoms with Gasteiger partial charge in [-0.25, -0.2) is 14.6 Å². The molecule has 2 unspecified atom stereocenters. The van der Waals surface area contributed by atoms with Crippen LogP contribution < -0.4 is 20.5 Å². The lowest BCUT2D eigenvalue weighted by Gasteiger charge is -2.28. The van der Waals surface area contributed by atoms with Gasteiger partial charge in [0.25, 0.3) is 5.91 Å². The number of pyridine rings is 1. The van der Waals surface area contributed by atoms with Gasteiger partial charge in [-0.1, -0.05) is 0 Å². The number of rotatable bonds is 8. The molecule has 2 atom stereocenters. The third kappa shape index (κ3) is 14.1. The molecule has 0 aliphatic carbocycles. The lowest BCUT2D eigenvalue weighted by Crippen LogP contribution is -2.42. The molecule has 0 saturated carbocycles. The minimum Gasteiger partial charge on any atom is -0.491 e. The molecule has 59 heavy (non-hydrogen) atoms. The number of amides is 3. The second kappa shape index (κ2) is 18.6. The predicted molar refractivity (Wildman–Crippen MR) is 202 cm³/mol. The van der Waals surface area contributed by atoms with Gasteiger partial charge in [0, 0.05) is 42.8 Å². The minimum atomic E-state index is -4.71. The number of likely N-dealkylation sites (tertiary alicyclic amines) is 2. The SMILES string of the molecule is CC(C)(C)OC(=O)N1CCCC1COc1cc(N)cc(C(F)(F)F)c1.CC(C)(C)OC(=O)N1CCCC1COc1cc(NC(=O)c2cccnc2F)cc(C(F)(F)F)c1. The fraction of sp³-hybridized carbons (Fsp3) is 0.500. The Morgan fingerprint density at radius 3 is 1.68 bits per heavy atom. The number of benzene rings is 2. The molecule has 3 heterocycles. The van der Waals surface area contributed by atoms with Crippen molar-refractivity contribution in [1.29, 1.82) is 0 Å². The quantitative estimate of drug-likeness (QED) is 0.129. The first-order chi connectivity index (χ1) is 27.3. The zero-order valence-electron chi connectivity index (χ0n) is 33.4. The van der Waals surface area contributed by atoms with Gasteiger partial charge in [-0.3, -0.25) is 4.79 Å². The van der Waals surface area contributed by atoms with Crippen molar-refractivity contribution in [1.82, 2.24) is 14.8 Å². The van der Waals surface area contributed by atoms with Crippen LogP contribution in [0.25, 0.3) is 0 Å². The number of hydrogen-bond acceptors (Lipinski definition) is 9. The van der Waals surface area contributed by atoms with Crippen LogP contribution in [-0.4, -0.2) is 82.5 Å². The summed E-state index contributed by atoms with van der Waals surface area (Å²) in [6, 6.07) is 7.69. The fourth-order valence-electron chi connectivity index (χ4n) is 6.07. The van der Waals surface area contributed by atoms with Crippen molar-refractivity contribution in [2.45, 2.75) is 103 Å². The van der Waals surface area contributed by atoms with Gasteiger partial charge < -0.3 is 39.8 Å². The maximum atomic E-state index is 13.8. The number of nitrogens with zero attached hydrogens (tertiary/aromatic N) is 3. The molecule has 1 aromatic heterocycles. The van der Waals surface area contributed by atoms with Crippen molar-refractivity contribution in [2.75, 3.05) is 37.4 Å². The molecule has 324 valence electrons. The zero-order valence-corrected chi connectivity index (χ0v) is 33.4. The standard InChI is InChI=1S/C23H25F4N3O4.C17H23F3N2O3/c1-22(2,3)34-21(32)30-9-5-6-16(30)13-33-17-11-14(23(25,26)27)10-15(12-17)29-20(31)18-7-4-8-28-19(18)24;1-16(2,3)25-15(23)22-6-4-5-13(22)10-24-14-8-11(17(18,19)20)7-12(21)9-14/h4,7-8,10-12,16H,5-6,9,13H2,1-3H3,(H,29,31);7-9,13H,4-6,10,21H2,1-3H3. The summed E-state index contributed by atoms with van der Waals surface area (Å²) >= 11 is 0. The third-order valence-corrected chi connectivity index (χ3v) is 8.65. The van der Waals surface area contributed by atoms with E-state index in [2.05, 4.69) is 10.3 Å². The number of nitrogens with one attached hydrogen (secondary N) is 1. The van der Waals surface area contributed by atoms with E-state index in [9.17, 15) is 45.1 Å². The highest BCUT2D eigenvalue weighted by Gasteiger charge is 2.36. The van der Waals surface area contributed by atoms with Crippen molar-refractivity contribution in [3.8, 4) is 11.5 Å². The summed E-state index contributed by atoms with van der Waals surface area (Å²) in [6.07, 6.45) is -6.23. The Balaban J connectivity index is 0.000000273. The molecule has 5 rings (SSSR count).